The first kappa shape index (κ1) is 22.4. The molecule has 2 aromatic carbocycles. The number of H-pyrrole nitrogens is 1. The van der Waals surface area contributed by atoms with Crippen molar-refractivity contribution in [1.82, 2.24) is 9.55 Å². The zero-order valence-corrected chi connectivity index (χ0v) is 18.2. The standard InChI is InChI=1S/C21H20BrFN4O4/c1-31-10-9-26-18(24)17(19(28)25-21(26)30)27(12-13-5-3-2-4-6-13)20(29)15-11-14(22)7-8-16(15)23/h2-8,11H,9-10,12,24H2,1H3,(H,25,28,30). The molecule has 3 rings (SSSR count). The van der Waals surface area contributed by atoms with E-state index in [1.54, 1.807) is 30.3 Å². The number of nitrogens with one attached hydrogen (secondary N) is 1. The highest BCUT2D eigenvalue weighted by Crippen LogP contribution is 2.24. The van der Waals surface area contributed by atoms with Crippen LogP contribution in [0.3, 0.4) is 0 Å². The van der Waals surface area contributed by atoms with E-state index < -0.39 is 23.0 Å². The lowest BCUT2D eigenvalue weighted by Crippen LogP contribution is -2.41. The minimum Gasteiger partial charge on any atom is -0.383 e. The molecule has 10 heteroatoms. The van der Waals surface area contributed by atoms with Crippen LogP contribution in [0.25, 0.3) is 0 Å². The van der Waals surface area contributed by atoms with Crippen molar-refractivity contribution in [3.05, 3.63) is 90.8 Å². The fourth-order valence-corrected chi connectivity index (χ4v) is 3.43. The first-order chi connectivity index (χ1) is 14.8. The number of carbonyl (C=O) groups is 1. The predicted octanol–water partition coefficient (Wildman–Crippen LogP) is 2.51. The molecule has 1 aromatic heterocycles. The quantitative estimate of drug-likeness (QED) is 0.528. The second-order valence-corrected chi connectivity index (χ2v) is 7.55. The molecule has 0 spiro atoms. The van der Waals surface area contributed by atoms with E-state index in [0.29, 0.717) is 10.0 Å². The third-order valence-electron chi connectivity index (χ3n) is 4.59. The maximum Gasteiger partial charge on any atom is 0.330 e. The molecule has 3 N–H and O–H groups in total. The molecular formula is C21H20BrFN4O4. The van der Waals surface area contributed by atoms with E-state index in [2.05, 4.69) is 20.9 Å². The van der Waals surface area contributed by atoms with Crippen LogP contribution in [-0.4, -0.2) is 29.2 Å². The molecule has 0 aliphatic carbocycles. The lowest BCUT2D eigenvalue weighted by molar-refractivity contribution is 0.0980. The third kappa shape index (κ3) is 4.92. The van der Waals surface area contributed by atoms with Crippen molar-refractivity contribution in [3.8, 4) is 0 Å². The molecule has 8 nitrogen and oxygen atoms in total. The topological polar surface area (TPSA) is 110 Å². The van der Waals surface area contributed by atoms with Gasteiger partial charge < -0.3 is 10.5 Å². The van der Waals surface area contributed by atoms with Gasteiger partial charge in [0.05, 0.1) is 25.3 Å². The Bertz CT molecular complexity index is 1210. The van der Waals surface area contributed by atoms with Crippen LogP contribution in [0, 0.1) is 5.82 Å². The van der Waals surface area contributed by atoms with Crippen molar-refractivity contribution in [2.75, 3.05) is 24.4 Å². The number of hydrogen-bond acceptors (Lipinski definition) is 5. The Labute approximate surface area is 185 Å². The van der Waals surface area contributed by atoms with Crippen molar-refractivity contribution >= 4 is 33.3 Å². The van der Waals surface area contributed by atoms with E-state index in [1.165, 1.54) is 19.2 Å². The Balaban J connectivity index is 2.19. The summed E-state index contributed by atoms with van der Waals surface area (Å²) in [7, 11) is 1.45. The lowest BCUT2D eigenvalue weighted by Gasteiger charge is -2.25. The van der Waals surface area contributed by atoms with Gasteiger partial charge >= 0.3 is 5.69 Å². The number of amides is 1. The van der Waals surface area contributed by atoms with Gasteiger partial charge in [0.15, 0.2) is 5.69 Å². The summed E-state index contributed by atoms with van der Waals surface area (Å²) in [5.74, 6) is -1.75. The van der Waals surface area contributed by atoms with Gasteiger partial charge in [-0.1, -0.05) is 46.3 Å². The van der Waals surface area contributed by atoms with Crippen LogP contribution in [0.1, 0.15) is 15.9 Å². The molecule has 0 saturated heterocycles. The number of aromatic nitrogens is 2. The van der Waals surface area contributed by atoms with Gasteiger partial charge in [-0.3, -0.25) is 24.0 Å². The van der Waals surface area contributed by atoms with Crippen LogP contribution in [0.15, 0.2) is 62.6 Å². The minimum atomic E-state index is -0.851. The first-order valence-electron chi connectivity index (χ1n) is 9.26. The largest absolute Gasteiger partial charge is 0.383 e. The molecule has 0 unspecified atom stereocenters. The number of ether oxygens (including phenoxy) is 1. The van der Waals surface area contributed by atoms with Gasteiger partial charge in [-0.2, -0.15) is 0 Å². The van der Waals surface area contributed by atoms with E-state index in [1.807, 2.05) is 0 Å². The zero-order chi connectivity index (χ0) is 22.5. The van der Waals surface area contributed by atoms with Gasteiger partial charge in [-0.05, 0) is 23.8 Å². The summed E-state index contributed by atoms with van der Waals surface area (Å²) in [6.45, 7) is 0.146. The Morgan fingerprint density at radius 1 is 1.23 bits per heavy atom. The molecule has 3 aromatic rings. The summed E-state index contributed by atoms with van der Waals surface area (Å²) < 4.78 is 21.1. The van der Waals surface area contributed by atoms with Gasteiger partial charge in [0.1, 0.15) is 11.6 Å². The number of benzene rings is 2. The Kier molecular flexibility index (Phi) is 7.03. The number of nitrogens with zero attached hydrogens (tertiary/aromatic N) is 2. The fourth-order valence-electron chi connectivity index (χ4n) is 3.07. The molecule has 162 valence electrons. The first-order valence-corrected chi connectivity index (χ1v) is 10.0. The van der Waals surface area contributed by atoms with Crippen LogP contribution < -0.4 is 21.9 Å². The van der Waals surface area contributed by atoms with Crippen molar-refractivity contribution in [3.63, 3.8) is 0 Å². The molecule has 0 atom stereocenters. The highest BCUT2D eigenvalue weighted by molar-refractivity contribution is 9.10. The van der Waals surface area contributed by atoms with Crippen molar-refractivity contribution < 1.29 is 13.9 Å². The number of aromatic amines is 1. The number of methoxy groups -OCH3 is 1. The third-order valence-corrected chi connectivity index (χ3v) is 5.08. The molecule has 0 radical (unpaired) electrons. The smallest absolute Gasteiger partial charge is 0.330 e. The van der Waals surface area contributed by atoms with Crippen LogP contribution in [0.5, 0.6) is 0 Å². The Hall–Kier alpha value is -3.24. The molecule has 0 aliphatic rings. The maximum atomic E-state index is 14.5. The van der Waals surface area contributed by atoms with E-state index in [0.717, 1.165) is 15.5 Å². The second-order valence-electron chi connectivity index (χ2n) is 6.64. The maximum absolute atomic E-state index is 14.5. The van der Waals surface area contributed by atoms with E-state index in [-0.39, 0.29) is 36.8 Å². The van der Waals surface area contributed by atoms with E-state index >= 15 is 0 Å². The number of nitrogens with two attached hydrogens (primary N) is 1. The molecular weight excluding hydrogens is 471 g/mol. The fraction of sp³-hybridized carbons (Fsp3) is 0.190. The summed E-state index contributed by atoms with van der Waals surface area (Å²) in [5.41, 5.74) is 4.75. The number of nitrogen functional groups attached to an aromatic ring is 1. The van der Waals surface area contributed by atoms with Crippen LogP contribution >= 0.6 is 15.9 Å². The molecule has 0 bridgehead atoms. The summed E-state index contributed by atoms with van der Waals surface area (Å²) in [5, 5.41) is 0. The summed E-state index contributed by atoms with van der Waals surface area (Å²) >= 11 is 3.23. The highest BCUT2D eigenvalue weighted by Gasteiger charge is 2.27. The molecule has 1 heterocycles. The van der Waals surface area contributed by atoms with Crippen LogP contribution in [-0.2, 0) is 17.8 Å². The van der Waals surface area contributed by atoms with Gasteiger partial charge in [0, 0.05) is 11.6 Å². The second kappa shape index (κ2) is 9.71. The molecule has 0 aliphatic heterocycles. The van der Waals surface area contributed by atoms with Gasteiger partial charge in [-0.25, -0.2) is 9.18 Å². The number of rotatable bonds is 7. The summed E-state index contributed by atoms with van der Waals surface area (Å²) in [4.78, 5) is 41.6. The normalized spacial score (nSPS) is 10.8. The number of carbonyl (C=O) groups excluding carboxylic acids is 1. The monoisotopic (exact) mass is 490 g/mol. The molecule has 0 saturated carbocycles. The van der Waals surface area contributed by atoms with Crippen LogP contribution in [0.4, 0.5) is 15.9 Å². The van der Waals surface area contributed by atoms with Crippen molar-refractivity contribution in [1.29, 1.82) is 0 Å². The molecule has 31 heavy (non-hydrogen) atoms. The van der Waals surface area contributed by atoms with E-state index in [9.17, 15) is 18.8 Å². The Morgan fingerprint density at radius 2 is 1.94 bits per heavy atom. The SMILES string of the molecule is COCCn1c(N)c(N(Cc2ccccc2)C(=O)c2cc(Br)ccc2F)c(=O)[nH]c1=O. The summed E-state index contributed by atoms with van der Waals surface area (Å²) in [6, 6.07) is 12.8. The van der Waals surface area contributed by atoms with Crippen molar-refractivity contribution in [2.24, 2.45) is 0 Å². The highest BCUT2D eigenvalue weighted by atomic mass is 79.9. The minimum absolute atomic E-state index is 0.0591. The Morgan fingerprint density at radius 3 is 2.61 bits per heavy atom. The van der Waals surface area contributed by atoms with Gasteiger partial charge in [0.2, 0.25) is 0 Å². The lowest BCUT2D eigenvalue weighted by atomic mass is 10.1. The molecule has 0 fully saturated rings. The predicted molar refractivity (Wildman–Crippen MR) is 119 cm³/mol. The van der Waals surface area contributed by atoms with E-state index in [4.69, 9.17) is 10.5 Å². The molecule has 1 amide bonds. The van der Waals surface area contributed by atoms with Crippen LogP contribution in [0.2, 0.25) is 0 Å². The number of hydrogen-bond donors (Lipinski definition) is 2. The van der Waals surface area contributed by atoms with Gasteiger partial charge in [0.25, 0.3) is 11.5 Å². The average Bonchev–Trinajstić information content (AvgIpc) is 2.74. The van der Waals surface area contributed by atoms with Crippen molar-refractivity contribution in [2.45, 2.75) is 13.1 Å². The number of halogens is 2. The number of anilines is 2. The summed E-state index contributed by atoms with van der Waals surface area (Å²) in [6.07, 6.45) is 0. The van der Waals surface area contributed by atoms with Gasteiger partial charge in [-0.15, -0.1) is 0 Å². The zero-order valence-electron chi connectivity index (χ0n) is 16.6. The average molecular weight is 491 g/mol.